The predicted molar refractivity (Wildman–Crippen MR) is 151 cm³/mol. The molecule has 2 aromatic heterocycles. The maximum atomic E-state index is 12.7. The van der Waals surface area contributed by atoms with Gasteiger partial charge >= 0.3 is 0 Å². The van der Waals surface area contributed by atoms with E-state index in [1.54, 1.807) is 6.07 Å². The fraction of sp³-hybridized carbons (Fsp3) is 0.300. The van der Waals surface area contributed by atoms with E-state index in [-0.39, 0.29) is 23.9 Å². The van der Waals surface area contributed by atoms with Crippen LogP contribution in [0.3, 0.4) is 0 Å². The number of nitrogens with one attached hydrogen (secondary N) is 1. The molecule has 1 N–H and O–H groups in total. The summed E-state index contributed by atoms with van der Waals surface area (Å²) in [7, 11) is 2.04. The molecule has 0 bridgehead atoms. The number of aromatic nitrogens is 2. The summed E-state index contributed by atoms with van der Waals surface area (Å²) in [5.41, 5.74) is 2.97. The van der Waals surface area contributed by atoms with E-state index in [0.29, 0.717) is 34.7 Å². The van der Waals surface area contributed by atoms with Crippen LogP contribution in [0.15, 0.2) is 76.3 Å². The highest BCUT2D eigenvalue weighted by atomic mass is 32.2. The lowest BCUT2D eigenvalue weighted by Gasteiger charge is -2.23. The van der Waals surface area contributed by atoms with Crippen molar-refractivity contribution in [1.82, 2.24) is 15.3 Å². The van der Waals surface area contributed by atoms with Crippen molar-refractivity contribution in [3.8, 4) is 11.5 Å². The molecule has 4 aromatic rings. The molecular weight excluding hydrogens is 512 g/mol. The number of anilines is 1. The number of rotatable bonds is 9. The lowest BCUT2D eigenvalue weighted by atomic mass is 9.92. The molecule has 8 nitrogen and oxygen atoms in total. The van der Waals surface area contributed by atoms with E-state index >= 15 is 0 Å². The Hall–Kier alpha value is -3.98. The van der Waals surface area contributed by atoms with Gasteiger partial charge in [-0.3, -0.25) is 4.79 Å². The molecule has 39 heavy (non-hydrogen) atoms. The zero-order chi connectivity index (χ0) is 27.4. The molecule has 5 rings (SSSR count). The second kappa shape index (κ2) is 11.4. The molecule has 0 atom stereocenters. The third-order valence-electron chi connectivity index (χ3n) is 6.23. The van der Waals surface area contributed by atoms with Crippen LogP contribution in [0.2, 0.25) is 0 Å². The number of fused-ring (bicyclic) bond motifs is 1. The molecule has 0 aliphatic carbocycles. The Bertz CT molecular complexity index is 1450. The van der Waals surface area contributed by atoms with Crippen LogP contribution in [0.4, 0.5) is 5.82 Å². The van der Waals surface area contributed by atoms with Gasteiger partial charge in [-0.25, -0.2) is 9.97 Å². The van der Waals surface area contributed by atoms with Crippen LogP contribution in [0.1, 0.15) is 53.9 Å². The largest absolute Gasteiger partial charge is 0.455 e. The summed E-state index contributed by atoms with van der Waals surface area (Å²) in [5, 5.41) is 3.56. The van der Waals surface area contributed by atoms with Crippen molar-refractivity contribution in [1.29, 1.82) is 0 Å². The molecule has 2 aromatic carbocycles. The smallest absolute Gasteiger partial charge is 0.287 e. The average molecular weight is 545 g/mol. The molecule has 0 radical (unpaired) electrons. The van der Waals surface area contributed by atoms with Crippen LogP contribution in [-0.2, 0) is 24.3 Å². The zero-order valence-corrected chi connectivity index (χ0v) is 23.4. The van der Waals surface area contributed by atoms with Crippen LogP contribution in [0.25, 0.3) is 0 Å². The number of ether oxygens (including phenoxy) is 2. The highest BCUT2D eigenvalue weighted by molar-refractivity contribution is 7.98. The number of furan rings is 1. The summed E-state index contributed by atoms with van der Waals surface area (Å²) in [4.78, 5) is 24.4. The number of nitrogens with zero attached hydrogens (tertiary/aromatic N) is 3. The van der Waals surface area contributed by atoms with E-state index in [9.17, 15) is 4.79 Å². The van der Waals surface area contributed by atoms with Gasteiger partial charge in [-0.2, -0.15) is 0 Å². The van der Waals surface area contributed by atoms with Crippen molar-refractivity contribution in [2.45, 2.75) is 50.2 Å². The first kappa shape index (κ1) is 26.6. The van der Waals surface area contributed by atoms with Gasteiger partial charge in [0.25, 0.3) is 5.91 Å². The summed E-state index contributed by atoms with van der Waals surface area (Å²) in [6.07, 6.45) is 0. The van der Waals surface area contributed by atoms with E-state index in [1.165, 1.54) is 17.3 Å². The lowest BCUT2D eigenvalue weighted by Crippen LogP contribution is -2.22. The quantitative estimate of drug-likeness (QED) is 0.204. The molecular formula is C30H32N4O4S. The number of hydrogen-bond acceptors (Lipinski definition) is 8. The Labute approximate surface area is 232 Å². The summed E-state index contributed by atoms with van der Waals surface area (Å²) >= 11 is 1.49. The van der Waals surface area contributed by atoms with E-state index in [0.717, 1.165) is 23.6 Å². The summed E-state index contributed by atoms with van der Waals surface area (Å²) < 4.78 is 16.6. The van der Waals surface area contributed by atoms with Crippen molar-refractivity contribution in [3.63, 3.8) is 0 Å². The van der Waals surface area contributed by atoms with Crippen molar-refractivity contribution >= 4 is 23.5 Å². The Balaban J connectivity index is 1.22. The normalized spacial score (nSPS) is 12.4. The van der Waals surface area contributed by atoms with Gasteiger partial charge in [0.2, 0.25) is 6.79 Å². The maximum absolute atomic E-state index is 12.7. The topological polar surface area (TPSA) is 89.7 Å². The fourth-order valence-corrected chi connectivity index (χ4v) is 4.78. The third-order valence-corrected chi connectivity index (χ3v) is 7.10. The van der Waals surface area contributed by atoms with Gasteiger partial charge in [0, 0.05) is 31.6 Å². The first-order valence-corrected chi connectivity index (χ1v) is 13.8. The molecule has 0 unspecified atom stereocenters. The van der Waals surface area contributed by atoms with Crippen molar-refractivity contribution in [2.24, 2.45) is 0 Å². The van der Waals surface area contributed by atoms with E-state index in [4.69, 9.17) is 23.9 Å². The molecule has 1 aliphatic heterocycles. The zero-order valence-electron chi connectivity index (χ0n) is 22.6. The number of benzene rings is 2. The van der Waals surface area contributed by atoms with Gasteiger partial charge < -0.3 is 24.1 Å². The number of amides is 1. The molecule has 0 saturated heterocycles. The minimum absolute atomic E-state index is 0.130. The molecule has 9 heteroatoms. The van der Waals surface area contributed by atoms with Crippen LogP contribution < -0.4 is 19.7 Å². The van der Waals surface area contributed by atoms with E-state index in [2.05, 4.69) is 49.2 Å². The van der Waals surface area contributed by atoms with Gasteiger partial charge in [-0.1, -0.05) is 68.9 Å². The predicted octanol–water partition coefficient (Wildman–Crippen LogP) is 5.95. The molecule has 1 amide bonds. The van der Waals surface area contributed by atoms with Gasteiger partial charge in [-0.15, -0.1) is 0 Å². The summed E-state index contributed by atoms with van der Waals surface area (Å²) in [6, 6.07) is 21.5. The first-order chi connectivity index (χ1) is 18.7. The molecule has 1 aliphatic rings. The summed E-state index contributed by atoms with van der Waals surface area (Å²) in [5.74, 6) is 3.43. The Morgan fingerprint density at radius 2 is 1.77 bits per heavy atom. The van der Waals surface area contributed by atoms with Crippen molar-refractivity contribution in [3.05, 3.63) is 95.1 Å². The lowest BCUT2D eigenvalue weighted by molar-refractivity contribution is 0.0921. The standard InChI is InChI=1S/C30H32N4O4S/c1-30(2,3)26-15-27(34(4)17-20-8-6-5-7-9-20)33-29(32-26)39-18-22-11-13-24(38-22)28(35)31-16-21-10-12-23-25(14-21)37-19-36-23/h5-15H,16-19H2,1-4H3,(H,31,35). The molecule has 3 heterocycles. The molecule has 0 saturated carbocycles. The first-order valence-electron chi connectivity index (χ1n) is 12.8. The highest BCUT2D eigenvalue weighted by Crippen LogP contribution is 2.32. The number of carbonyl (C=O) groups excluding carboxylic acids is 1. The van der Waals surface area contributed by atoms with E-state index in [1.807, 2.05) is 49.5 Å². The maximum Gasteiger partial charge on any atom is 0.287 e. The number of thioether (sulfide) groups is 1. The minimum Gasteiger partial charge on any atom is -0.455 e. The SMILES string of the molecule is CN(Cc1ccccc1)c1cc(C(C)(C)C)nc(SCc2ccc(C(=O)NCc3ccc4c(c3)OCO4)o2)n1. The Morgan fingerprint density at radius 1 is 0.974 bits per heavy atom. The second-order valence-electron chi connectivity index (χ2n) is 10.4. The highest BCUT2D eigenvalue weighted by Gasteiger charge is 2.20. The Kier molecular flexibility index (Phi) is 7.79. The number of carbonyl (C=O) groups is 1. The van der Waals surface area contributed by atoms with Crippen molar-refractivity contribution < 1.29 is 18.7 Å². The minimum atomic E-state index is -0.278. The van der Waals surface area contributed by atoms with Crippen LogP contribution in [0.5, 0.6) is 11.5 Å². The average Bonchev–Trinajstić information content (AvgIpc) is 3.60. The molecule has 202 valence electrons. The summed E-state index contributed by atoms with van der Waals surface area (Å²) in [6.45, 7) is 7.75. The van der Waals surface area contributed by atoms with Crippen LogP contribution >= 0.6 is 11.8 Å². The van der Waals surface area contributed by atoms with Gasteiger partial charge in [0.05, 0.1) is 11.4 Å². The monoisotopic (exact) mass is 544 g/mol. The number of hydrogen-bond donors (Lipinski definition) is 1. The second-order valence-corrected chi connectivity index (χ2v) is 11.4. The van der Waals surface area contributed by atoms with Gasteiger partial charge in [-0.05, 0) is 35.4 Å². The van der Waals surface area contributed by atoms with Gasteiger partial charge in [0.1, 0.15) is 11.6 Å². The van der Waals surface area contributed by atoms with E-state index < -0.39 is 0 Å². The van der Waals surface area contributed by atoms with Gasteiger partial charge in [0.15, 0.2) is 22.4 Å². The van der Waals surface area contributed by atoms with Crippen LogP contribution in [-0.4, -0.2) is 29.7 Å². The van der Waals surface area contributed by atoms with Crippen molar-refractivity contribution in [2.75, 3.05) is 18.7 Å². The third kappa shape index (κ3) is 6.72. The molecule has 0 spiro atoms. The molecule has 0 fully saturated rings. The fourth-order valence-electron chi connectivity index (χ4n) is 4.03. The Morgan fingerprint density at radius 3 is 2.56 bits per heavy atom. The van der Waals surface area contributed by atoms with Crippen LogP contribution in [0, 0.1) is 0 Å².